The van der Waals surface area contributed by atoms with Crippen LogP contribution in [0.4, 0.5) is 5.69 Å². The predicted molar refractivity (Wildman–Crippen MR) is 73.8 cm³/mol. The molecule has 0 fully saturated rings. The summed E-state index contributed by atoms with van der Waals surface area (Å²) >= 11 is 0. The average Bonchev–Trinajstić information content (AvgIpc) is 2.82. The molecule has 2 rings (SSSR count). The number of nitrogens with two attached hydrogens (primary N) is 1. The highest BCUT2D eigenvalue weighted by molar-refractivity contribution is 7.89. The number of nitro benzene ring substituents is 1. The van der Waals surface area contributed by atoms with Gasteiger partial charge in [-0.05, 0) is 12.5 Å². The van der Waals surface area contributed by atoms with Crippen molar-refractivity contribution in [2.24, 2.45) is 5.14 Å². The number of benzene rings is 1. The molecule has 2 N–H and O–H groups in total. The van der Waals surface area contributed by atoms with Crippen LogP contribution in [0, 0.1) is 10.1 Å². The highest BCUT2D eigenvalue weighted by atomic mass is 32.2. The lowest BCUT2D eigenvalue weighted by Gasteiger charge is -2.08. The van der Waals surface area contributed by atoms with Crippen LogP contribution in [0.3, 0.4) is 0 Å². The van der Waals surface area contributed by atoms with E-state index in [9.17, 15) is 18.5 Å². The van der Waals surface area contributed by atoms with E-state index in [4.69, 9.17) is 5.14 Å². The van der Waals surface area contributed by atoms with E-state index < -0.39 is 20.1 Å². The van der Waals surface area contributed by atoms with Gasteiger partial charge in [-0.25, -0.2) is 13.6 Å². The molecule has 21 heavy (non-hydrogen) atoms. The van der Waals surface area contributed by atoms with Crippen molar-refractivity contribution in [2.75, 3.05) is 0 Å². The lowest BCUT2D eigenvalue weighted by atomic mass is 10.1. The lowest BCUT2D eigenvalue weighted by molar-refractivity contribution is -0.384. The van der Waals surface area contributed by atoms with Crippen LogP contribution < -0.4 is 5.14 Å². The number of nitrogens with zero attached hydrogens (tertiary/aromatic N) is 4. The number of nitro groups is 1. The molecule has 0 amide bonds. The van der Waals surface area contributed by atoms with Crippen molar-refractivity contribution in [3.63, 3.8) is 0 Å². The van der Waals surface area contributed by atoms with Crippen molar-refractivity contribution in [1.29, 1.82) is 0 Å². The molecular formula is C11H13N5O4S. The van der Waals surface area contributed by atoms with Crippen LogP contribution in [-0.4, -0.2) is 28.1 Å². The molecule has 0 aliphatic heterocycles. The maximum Gasteiger partial charge on any atom is 0.280 e. The van der Waals surface area contributed by atoms with Crippen molar-refractivity contribution in [3.05, 3.63) is 34.4 Å². The van der Waals surface area contributed by atoms with Gasteiger partial charge < -0.3 is 0 Å². The number of primary sulfonamides is 1. The van der Waals surface area contributed by atoms with Gasteiger partial charge in [0.1, 0.15) is 0 Å². The Balaban J connectivity index is 2.71. The van der Waals surface area contributed by atoms with Gasteiger partial charge in [-0.3, -0.25) is 14.7 Å². The van der Waals surface area contributed by atoms with Gasteiger partial charge in [0.25, 0.3) is 20.9 Å². The number of sulfonamides is 1. The summed E-state index contributed by atoms with van der Waals surface area (Å²) in [6.07, 6.45) is 0.591. The first kappa shape index (κ1) is 15.1. The minimum atomic E-state index is -4.06. The van der Waals surface area contributed by atoms with E-state index in [-0.39, 0.29) is 23.6 Å². The predicted octanol–water partition coefficient (Wildman–Crippen LogP) is 0.911. The first-order valence-corrected chi connectivity index (χ1v) is 7.60. The number of para-hydroxylation sites is 1. The third-order valence-electron chi connectivity index (χ3n) is 2.76. The van der Waals surface area contributed by atoms with E-state index in [0.717, 1.165) is 0 Å². The zero-order valence-electron chi connectivity index (χ0n) is 11.1. The van der Waals surface area contributed by atoms with Gasteiger partial charge in [0.2, 0.25) is 0 Å². The van der Waals surface area contributed by atoms with Crippen LogP contribution in [0.2, 0.25) is 0 Å². The number of hydrogen-bond donors (Lipinski definition) is 1. The van der Waals surface area contributed by atoms with Gasteiger partial charge in [-0.2, -0.15) is 0 Å². The van der Waals surface area contributed by atoms with Gasteiger partial charge in [0, 0.05) is 12.6 Å². The smallest absolute Gasteiger partial charge is 0.280 e. The number of hydrogen-bond acceptors (Lipinski definition) is 6. The molecule has 0 unspecified atom stereocenters. The summed E-state index contributed by atoms with van der Waals surface area (Å²) in [5.74, 6) is 0.105. The molecule has 0 saturated heterocycles. The molecule has 1 aromatic carbocycles. The number of rotatable bonds is 5. The van der Waals surface area contributed by atoms with Crippen LogP contribution in [0.1, 0.15) is 13.3 Å². The fourth-order valence-corrected chi connectivity index (χ4v) is 2.59. The van der Waals surface area contributed by atoms with Crippen molar-refractivity contribution in [1.82, 2.24) is 14.8 Å². The van der Waals surface area contributed by atoms with E-state index in [1.165, 1.54) is 22.8 Å². The second-order valence-electron chi connectivity index (χ2n) is 4.28. The maximum absolute atomic E-state index is 11.5. The number of aromatic nitrogens is 3. The van der Waals surface area contributed by atoms with E-state index in [2.05, 4.69) is 10.2 Å². The maximum atomic E-state index is 11.5. The molecule has 0 saturated carbocycles. The molecule has 9 nitrogen and oxygen atoms in total. The molecule has 0 aliphatic carbocycles. The fraction of sp³-hybridized carbons (Fsp3) is 0.273. The third kappa shape index (κ3) is 2.90. The monoisotopic (exact) mass is 311 g/mol. The Morgan fingerprint density at radius 1 is 1.33 bits per heavy atom. The first-order valence-electron chi connectivity index (χ1n) is 6.06. The molecule has 112 valence electrons. The molecule has 2 aromatic rings. The minimum Gasteiger partial charge on any atom is -0.297 e. The minimum absolute atomic E-state index is 0.105. The Labute approximate surface area is 120 Å². The van der Waals surface area contributed by atoms with E-state index >= 15 is 0 Å². The summed E-state index contributed by atoms with van der Waals surface area (Å²) in [4.78, 5) is 10.5. The van der Waals surface area contributed by atoms with Gasteiger partial charge in [-0.15, -0.1) is 10.2 Å². The summed E-state index contributed by atoms with van der Waals surface area (Å²) in [6, 6.07) is 5.92. The molecule has 0 atom stereocenters. The Kier molecular flexibility index (Phi) is 4.00. The van der Waals surface area contributed by atoms with Crippen molar-refractivity contribution >= 4 is 15.7 Å². The molecule has 0 aliphatic rings. The summed E-state index contributed by atoms with van der Waals surface area (Å²) in [5.41, 5.74) is 0.0153. The second-order valence-corrected chi connectivity index (χ2v) is 5.73. The van der Waals surface area contributed by atoms with Crippen LogP contribution in [0.15, 0.2) is 29.4 Å². The van der Waals surface area contributed by atoms with Gasteiger partial charge in [0.15, 0.2) is 5.82 Å². The summed E-state index contributed by atoms with van der Waals surface area (Å²) in [5, 5.41) is 23.1. The quantitative estimate of drug-likeness (QED) is 0.644. The summed E-state index contributed by atoms with van der Waals surface area (Å²) < 4.78 is 24.3. The van der Waals surface area contributed by atoms with Crippen LogP contribution in [0.5, 0.6) is 0 Å². The Morgan fingerprint density at radius 3 is 2.57 bits per heavy atom. The first-order chi connectivity index (χ1) is 9.86. The standard InChI is InChI=1S/C11H13N5O4S/c1-2-7-15-10(13-14-11(15)21(12,19)20)8-5-3-4-6-9(8)16(17)18/h3-6H,2,7H2,1H3,(H2,12,19,20). The zero-order chi connectivity index (χ0) is 15.6. The molecule has 0 radical (unpaired) electrons. The van der Waals surface area contributed by atoms with Crippen molar-refractivity contribution < 1.29 is 13.3 Å². The highest BCUT2D eigenvalue weighted by Crippen LogP contribution is 2.29. The summed E-state index contributed by atoms with van der Waals surface area (Å²) in [6.45, 7) is 2.11. The summed E-state index contributed by atoms with van der Waals surface area (Å²) in [7, 11) is -4.06. The molecule has 1 aromatic heterocycles. The van der Waals surface area contributed by atoms with Crippen molar-refractivity contribution in [3.8, 4) is 11.4 Å². The highest BCUT2D eigenvalue weighted by Gasteiger charge is 2.25. The Morgan fingerprint density at radius 2 is 2.00 bits per heavy atom. The van der Waals surface area contributed by atoms with E-state index in [0.29, 0.717) is 6.42 Å². The Hall–Kier alpha value is -2.33. The van der Waals surface area contributed by atoms with Crippen LogP contribution in [0.25, 0.3) is 11.4 Å². The van der Waals surface area contributed by atoms with Gasteiger partial charge in [0.05, 0.1) is 10.5 Å². The normalized spacial score (nSPS) is 11.5. The molecule has 0 spiro atoms. The lowest BCUT2D eigenvalue weighted by Crippen LogP contribution is -2.19. The zero-order valence-corrected chi connectivity index (χ0v) is 11.9. The molecular weight excluding hydrogens is 298 g/mol. The second kappa shape index (κ2) is 5.58. The van der Waals surface area contributed by atoms with Crippen molar-refractivity contribution in [2.45, 2.75) is 25.0 Å². The molecule has 1 heterocycles. The van der Waals surface area contributed by atoms with E-state index in [1.807, 2.05) is 6.92 Å². The van der Waals surface area contributed by atoms with Crippen LogP contribution >= 0.6 is 0 Å². The van der Waals surface area contributed by atoms with E-state index in [1.54, 1.807) is 6.07 Å². The largest absolute Gasteiger partial charge is 0.297 e. The molecule has 0 bridgehead atoms. The van der Waals surface area contributed by atoms with Gasteiger partial charge >= 0.3 is 0 Å². The topological polar surface area (TPSA) is 134 Å². The van der Waals surface area contributed by atoms with Crippen LogP contribution in [-0.2, 0) is 16.6 Å². The SMILES string of the molecule is CCCn1c(-c2ccccc2[N+](=O)[O-])nnc1S(N)(=O)=O. The van der Waals surface area contributed by atoms with Gasteiger partial charge in [-0.1, -0.05) is 19.1 Å². The fourth-order valence-electron chi connectivity index (χ4n) is 1.95. The molecule has 10 heteroatoms. The third-order valence-corrected chi connectivity index (χ3v) is 3.57. The average molecular weight is 311 g/mol. The Bertz CT molecular complexity index is 784.